The van der Waals surface area contributed by atoms with E-state index < -0.39 is 6.10 Å². The van der Waals surface area contributed by atoms with E-state index >= 15 is 0 Å². The van der Waals surface area contributed by atoms with Gasteiger partial charge in [-0.25, -0.2) is 0 Å². The molecule has 0 aliphatic carbocycles. The van der Waals surface area contributed by atoms with Crippen molar-refractivity contribution in [3.05, 3.63) is 158 Å². The lowest BCUT2D eigenvalue weighted by Gasteiger charge is -2.18. The topological polar surface area (TPSA) is 78.9 Å². The number of allylic oxidation sites excluding steroid dienone is 26. The Balaban J connectivity index is 4.63. The molecule has 0 spiro atoms. The van der Waals surface area contributed by atoms with E-state index in [1.807, 2.05) is 12.2 Å². The van der Waals surface area contributed by atoms with Crippen LogP contribution in [-0.4, -0.2) is 37.2 Å². The first-order chi connectivity index (χ1) is 35.0. The molecule has 0 bridgehead atoms. The van der Waals surface area contributed by atoms with Crippen LogP contribution in [0.1, 0.15) is 213 Å². The van der Waals surface area contributed by atoms with Crippen LogP contribution in [0.5, 0.6) is 0 Å². The summed E-state index contributed by atoms with van der Waals surface area (Å²) in [5.41, 5.74) is 0. The van der Waals surface area contributed by atoms with E-state index in [9.17, 15) is 14.4 Å². The first-order valence-corrected chi connectivity index (χ1v) is 28.0. The first-order valence-electron chi connectivity index (χ1n) is 28.0. The maximum atomic E-state index is 12.9. The van der Waals surface area contributed by atoms with Crippen molar-refractivity contribution in [2.45, 2.75) is 219 Å². The molecule has 6 nitrogen and oxygen atoms in total. The maximum Gasteiger partial charge on any atom is 0.306 e. The van der Waals surface area contributed by atoms with E-state index in [2.05, 4.69) is 167 Å². The van der Waals surface area contributed by atoms with Crippen molar-refractivity contribution < 1.29 is 28.6 Å². The van der Waals surface area contributed by atoms with Gasteiger partial charge in [0.1, 0.15) is 13.2 Å². The van der Waals surface area contributed by atoms with Gasteiger partial charge in [0.05, 0.1) is 0 Å². The number of hydrogen-bond donors (Lipinski definition) is 0. The molecule has 0 fully saturated rings. The summed E-state index contributed by atoms with van der Waals surface area (Å²) in [5, 5.41) is 0. The smallest absolute Gasteiger partial charge is 0.306 e. The van der Waals surface area contributed by atoms with E-state index in [4.69, 9.17) is 14.2 Å². The van der Waals surface area contributed by atoms with Crippen molar-refractivity contribution in [3.8, 4) is 0 Å². The van der Waals surface area contributed by atoms with E-state index in [1.54, 1.807) is 0 Å². The predicted octanol–water partition coefficient (Wildman–Crippen LogP) is 19.0. The minimum atomic E-state index is -0.841. The molecular weight excluding hydrogens is 877 g/mol. The molecule has 0 amide bonds. The molecule has 0 saturated heterocycles. The van der Waals surface area contributed by atoms with Crippen LogP contribution in [0.3, 0.4) is 0 Å². The highest BCUT2D eigenvalue weighted by atomic mass is 16.6. The maximum absolute atomic E-state index is 12.9. The van der Waals surface area contributed by atoms with E-state index in [-0.39, 0.29) is 44.0 Å². The fourth-order valence-electron chi connectivity index (χ4n) is 6.93. The van der Waals surface area contributed by atoms with Gasteiger partial charge in [0.25, 0.3) is 0 Å². The predicted molar refractivity (Wildman–Crippen MR) is 306 cm³/mol. The van der Waals surface area contributed by atoms with Crippen LogP contribution in [-0.2, 0) is 28.6 Å². The largest absolute Gasteiger partial charge is 0.462 e. The number of esters is 3. The standard InChI is InChI=1S/C65H100O6/c1-4-7-10-13-16-19-22-25-28-31-33-35-37-40-43-46-49-52-55-58-64(67)70-61-62(60-69-63(66)57-54-51-48-45-42-39-36-30-27-24-21-18-15-12-9-6-3)71-65(68)59-56-53-50-47-44-41-38-34-32-29-26-23-20-17-14-11-8-5-2/h7,9-10,12,16,18-19,21,23,25-30,32-35,38-40,42-43,49,52,62H,4-6,8,11,13-15,17,20,22,24,31,36-37,41,44-48,50-51,53-61H2,1-3H3/b10-7-,12-9-,19-16-,21-18-,26-23-,28-25-,30-27-,32-29-,35-33-,38-34-,42-39-,43-40-,52-49-. The van der Waals surface area contributed by atoms with Gasteiger partial charge in [-0.2, -0.15) is 0 Å². The molecule has 0 aromatic rings. The molecule has 0 aromatic carbocycles. The minimum Gasteiger partial charge on any atom is -0.462 e. The summed E-state index contributed by atoms with van der Waals surface area (Å²) >= 11 is 0. The van der Waals surface area contributed by atoms with Crippen LogP contribution in [0.25, 0.3) is 0 Å². The van der Waals surface area contributed by atoms with Crippen LogP contribution < -0.4 is 0 Å². The monoisotopic (exact) mass is 977 g/mol. The summed E-state index contributed by atoms with van der Waals surface area (Å²) in [7, 11) is 0. The van der Waals surface area contributed by atoms with E-state index in [1.165, 1.54) is 32.1 Å². The molecule has 0 aromatic heterocycles. The Morgan fingerprint density at radius 2 is 0.634 bits per heavy atom. The van der Waals surface area contributed by atoms with Crippen LogP contribution >= 0.6 is 0 Å². The number of rotatable bonds is 48. The highest BCUT2D eigenvalue weighted by molar-refractivity contribution is 5.71. The third-order valence-corrected chi connectivity index (χ3v) is 11.1. The number of unbranched alkanes of at least 4 members (excludes halogenated alkanes) is 13. The highest BCUT2D eigenvalue weighted by Crippen LogP contribution is 2.12. The Hall–Kier alpha value is -4.97. The molecule has 0 radical (unpaired) electrons. The number of carbonyl (C=O) groups excluding carboxylic acids is 3. The third-order valence-electron chi connectivity index (χ3n) is 11.1. The van der Waals surface area contributed by atoms with Gasteiger partial charge in [-0.1, -0.05) is 230 Å². The minimum absolute atomic E-state index is 0.134. The average Bonchev–Trinajstić information content (AvgIpc) is 3.37. The van der Waals surface area contributed by atoms with Crippen molar-refractivity contribution in [3.63, 3.8) is 0 Å². The van der Waals surface area contributed by atoms with E-state index in [0.717, 1.165) is 135 Å². The molecule has 71 heavy (non-hydrogen) atoms. The summed E-state index contributed by atoms with van der Waals surface area (Å²) in [6.45, 7) is 6.26. The van der Waals surface area contributed by atoms with Crippen LogP contribution in [0, 0.1) is 0 Å². The van der Waals surface area contributed by atoms with Gasteiger partial charge in [-0.15, -0.1) is 0 Å². The van der Waals surface area contributed by atoms with E-state index in [0.29, 0.717) is 12.8 Å². The second-order valence-electron chi connectivity index (χ2n) is 17.8. The SMILES string of the molecule is CC/C=C\C/C=C\C/C=C\C/C=C\C/C=C\C/C=C\CCC(=O)OCC(COC(=O)CCCCC/C=C\C/C=C\C/C=C\C/C=C\CC)OC(=O)CCCCCCC\C=C/C=C\C=C/CCCCCCC. The second kappa shape index (κ2) is 57.6. The summed E-state index contributed by atoms with van der Waals surface area (Å²) in [5.74, 6) is -1.08. The Morgan fingerprint density at radius 1 is 0.310 bits per heavy atom. The highest BCUT2D eigenvalue weighted by Gasteiger charge is 2.19. The van der Waals surface area contributed by atoms with Gasteiger partial charge in [-0.05, 0) is 122 Å². The molecule has 0 heterocycles. The van der Waals surface area contributed by atoms with Gasteiger partial charge in [0.15, 0.2) is 6.10 Å². The summed E-state index contributed by atoms with van der Waals surface area (Å²) < 4.78 is 16.7. The normalized spacial score (nSPS) is 13.3. The number of hydrogen-bond acceptors (Lipinski definition) is 6. The van der Waals surface area contributed by atoms with Crippen molar-refractivity contribution in [1.82, 2.24) is 0 Å². The zero-order valence-electron chi connectivity index (χ0n) is 45.2. The third kappa shape index (κ3) is 55.8. The average molecular weight is 978 g/mol. The van der Waals surface area contributed by atoms with Gasteiger partial charge in [0.2, 0.25) is 0 Å². The van der Waals surface area contributed by atoms with Gasteiger partial charge in [0, 0.05) is 19.3 Å². The molecule has 0 aliphatic rings. The fourth-order valence-corrected chi connectivity index (χ4v) is 6.93. The molecule has 0 rings (SSSR count). The lowest BCUT2D eigenvalue weighted by molar-refractivity contribution is -0.166. The molecule has 1 atom stereocenters. The quantitative estimate of drug-likeness (QED) is 0.0199. The fraction of sp³-hybridized carbons (Fsp3) is 0.554. The summed E-state index contributed by atoms with van der Waals surface area (Å²) in [6, 6.07) is 0. The zero-order chi connectivity index (χ0) is 51.4. The summed E-state index contributed by atoms with van der Waals surface area (Å²) in [4.78, 5) is 38.1. The van der Waals surface area contributed by atoms with Crippen LogP contribution in [0.4, 0.5) is 0 Å². The van der Waals surface area contributed by atoms with Gasteiger partial charge < -0.3 is 14.2 Å². The Morgan fingerprint density at radius 3 is 1.07 bits per heavy atom. The Kier molecular flexibility index (Phi) is 53.6. The molecule has 396 valence electrons. The Bertz CT molecular complexity index is 1640. The van der Waals surface area contributed by atoms with Crippen molar-refractivity contribution in [2.24, 2.45) is 0 Å². The summed E-state index contributed by atoms with van der Waals surface area (Å²) in [6.07, 6.45) is 83.8. The van der Waals surface area contributed by atoms with Crippen molar-refractivity contribution >= 4 is 17.9 Å². The van der Waals surface area contributed by atoms with Crippen molar-refractivity contribution in [2.75, 3.05) is 13.2 Å². The molecule has 1 unspecified atom stereocenters. The molecule has 0 N–H and O–H groups in total. The Labute approximate surface area is 435 Å². The molecule has 6 heteroatoms. The zero-order valence-corrected chi connectivity index (χ0v) is 45.2. The van der Waals surface area contributed by atoms with Gasteiger partial charge >= 0.3 is 17.9 Å². The lowest BCUT2D eigenvalue weighted by Crippen LogP contribution is -2.30. The lowest BCUT2D eigenvalue weighted by atomic mass is 10.1. The van der Waals surface area contributed by atoms with Crippen molar-refractivity contribution in [1.29, 1.82) is 0 Å². The van der Waals surface area contributed by atoms with Gasteiger partial charge in [-0.3, -0.25) is 14.4 Å². The first kappa shape index (κ1) is 66.0. The van der Waals surface area contributed by atoms with Crippen LogP contribution in [0.15, 0.2) is 158 Å². The number of ether oxygens (including phenoxy) is 3. The van der Waals surface area contributed by atoms with Crippen LogP contribution in [0.2, 0.25) is 0 Å². The molecular formula is C65H100O6. The second-order valence-corrected chi connectivity index (χ2v) is 17.8. The number of carbonyl (C=O) groups is 3. The molecule has 0 saturated carbocycles. The molecule has 0 aliphatic heterocycles.